The molecule has 10 heteroatoms. The maximum atomic E-state index is 9.53. The number of fused-ring (bicyclic) bond motifs is 2. The zero-order valence-corrected chi connectivity index (χ0v) is 19.2. The highest BCUT2D eigenvalue weighted by Crippen LogP contribution is 2.40. The summed E-state index contributed by atoms with van der Waals surface area (Å²) in [6.45, 7) is -11.8. The normalized spacial score (nSPS) is 20.4. The second kappa shape index (κ2) is 13.6. The maximum Gasteiger partial charge on any atom is 0.328 e. The molecule has 2 heterocycles. The number of hydrogen-bond donors (Lipinski definition) is 3. The van der Waals surface area contributed by atoms with E-state index in [4.69, 9.17) is 21.1 Å². The van der Waals surface area contributed by atoms with Crippen LogP contribution in [0.25, 0.3) is 0 Å². The van der Waals surface area contributed by atoms with Gasteiger partial charge in [-0.2, -0.15) is 0 Å². The van der Waals surface area contributed by atoms with E-state index in [-0.39, 0.29) is 18.0 Å². The molecule has 186 valence electrons. The molecule has 2 aromatic carbocycles. The van der Waals surface area contributed by atoms with Crippen LogP contribution in [0.5, 0.6) is 0 Å². The van der Waals surface area contributed by atoms with Crippen molar-refractivity contribution < 1.29 is 45.5 Å². The van der Waals surface area contributed by atoms with Gasteiger partial charge in [0.1, 0.15) is 12.3 Å². The molecule has 2 aromatic rings. The van der Waals surface area contributed by atoms with Gasteiger partial charge in [0, 0.05) is 21.4 Å². The molecule has 2 aliphatic heterocycles. The lowest BCUT2D eigenvalue weighted by molar-refractivity contribution is -0.904. The van der Waals surface area contributed by atoms with Gasteiger partial charge in [0.05, 0.1) is 68.5 Å². The van der Waals surface area contributed by atoms with Crippen LogP contribution in [0.1, 0.15) is 16.5 Å². The Morgan fingerprint density at radius 2 is 1.80 bits per heavy atom. The van der Waals surface area contributed by atoms with Crippen LogP contribution in [0, 0.1) is 0 Å². The van der Waals surface area contributed by atoms with Crippen LogP contribution in [0.15, 0.2) is 75.5 Å². The number of aliphatic hydroxyl groups is 1. The zero-order valence-electron chi connectivity index (χ0n) is 26.4. The second-order valence-corrected chi connectivity index (χ2v) is 8.21. The maximum absolute atomic E-state index is 9.53. The van der Waals surface area contributed by atoms with Crippen LogP contribution in [0.3, 0.4) is 0 Å². The molecule has 0 amide bonds. The van der Waals surface area contributed by atoms with Crippen molar-refractivity contribution in [1.82, 2.24) is 4.90 Å². The number of carbonyl (C=O) groups excluding carboxylic acids is 1. The van der Waals surface area contributed by atoms with Gasteiger partial charge in [0.25, 0.3) is 0 Å². The van der Waals surface area contributed by atoms with Crippen molar-refractivity contribution in [3.8, 4) is 0 Å². The van der Waals surface area contributed by atoms with Crippen LogP contribution < -0.4 is 10.0 Å². The summed E-state index contributed by atoms with van der Waals surface area (Å²) in [5.41, 5.74) is 1.79. The third-order valence-electron chi connectivity index (χ3n) is 4.84. The number of ether oxygens (including phenoxy) is 1. The topological polar surface area (TPSA) is 127 Å². The summed E-state index contributed by atoms with van der Waals surface area (Å²) in [6.07, 6.45) is 0.942. The van der Waals surface area contributed by atoms with Gasteiger partial charge in [0.15, 0.2) is 0 Å². The Bertz CT molecular complexity index is 1380. The van der Waals surface area contributed by atoms with Crippen LogP contribution in [-0.2, 0) is 14.3 Å². The van der Waals surface area contributed by atoms with Crippen molar-refractivity contribution in [1.29, 1.82) is 0 Å². The highest BCUT2D eigenvalue weighted by molar-refractivity contribution is 7.99. The van der Waals surface area contributed by atoms with E-state index < -0.39 is 38.1 Å². The highest BCUT2D eigenvalue weighted by Gasteiger charge is 2.26. The van der Waals surface area contributed by atoms with Gasteiger partial charge in [-0.25, -0.2) is 9.79 Å². The van der Waals surface area contributed by atoms with E-state index in [1.807, 2.05) is 53.4 Å². The number of para-hydroxylation sites is 1. The fourth-order valence-electron chi connectivity index (χ4n) is 3.31. The Hall–Kier alpha value is -3.18. The number of nitrogens with zero attached hydrogens (tertiary/aromatic N) is 2. The Kier molecular flexibility index (Phi) is 6.74. The number of aliphatic carboxylic acids is 2. The van der Waals surface area contributed by atoms with Crippen molar-refractivity contribution in [2.75, 3.05) is 52.4 Å². The Labute approximate surface area is 219 Å². The predicted molar refractivity (Wildman–Crippen MR) is 130 cm³/mol. The fraction of sp³-hybridized carbons (Fsp3) is 0.320. The molecule has 9 nitrogen and oxygen atoms in total. The molecule has 0 radical (unpaired) electrons. The molecule has 0 saturated carbocycles. The summed E-state index contributed by atoms with van der Waals surface area (Å²) in [4.78, 5) is 28.2. The minimum Gasteiger partial charge on any atom is -0.545 e. The lowest BCUT2D eigenvalue weighted by Crippen LogP contribution is -3.15. The smallest absolute Gasteiger partial charge is 0.328 e. The molecular weight excluding hydrogens is 470 g/mol. The minimum absolute atomic E-state index is 0.168. The second-order valence-electron chi connectivity index (χ2n) is 7.13. The summed E-state index contributed by atoms with van der Waals surface area (Å²) in [6, 6.07) is 15.7. The van der Waals surface area contributed by atoms with E-state index >= 15 is 0 Å². The van der Waals surface area contributed by atoms with Gasteiger partial charge in [-0.3, -0.25) is 0 Å². The first-order valence-electron chi connectivity index (χ1n) is 14.5. The molecule has 1 fully saturated rings. The average Bonchev–Trinajstić information content (AvgIpc) is 3.08. The number of carbonyl (C=O) groups is 2. The molecule has 0 bridgehead atoms. The number of nitrogens with one attached hydrogen (secondary N) is 1. The molecule has 0 spiro atoms. The average molecular weight is 508 g/mol. The third-order valence-corrected chi connectivity index (χ3v) is 5.98. The van der Waals surface area contributed by atoms with Crippen LogP contribution in [-0.4, -0.2) is 85.2 Å². The molecule has 0 atom stereocenters. The van der Waals surface area contributed by atoms with Crippen LogP contribution >= 0.6 is 11.8 Å². The first-order chi connectivity index (χ1) is 19.9. The highest BCUT2D eigenvalue weighted by atomic mass is 32.2. The predicted octanol–water partition coefficient (Wildman–Crippen LogP) is -0.184. The Morgan fingerprint density at radius 3 is 2.46 bits per heavy atom. The number of piperazine rings is 1. The number of amidine groups is 1. The van der Waals surface area contributed by atoms with Gasteiger partial charge in [0.2, 0.25) is 0 Å². The molecule has 0 unspecified atom stereocenters. The van der Waals surface area contributed by atoms with Crippen molar-refractivity contribution >= 4 is 35.2 Å². The molecule has 0 aliphatic carbocycles. The van der Waals surface area contributed by atoms with Crippen LogP contribution in [0.4, 0.5) is 5.69 Å². The monoisotopic (exact) mass is 507 g/mol. The van der Waals surface area contributed by atoms with Gasteiger partial charge in [-0.05, 0) is 24.3 Å². The summed E-state index contributed by atoms with van der Waals surface area (Å²) < 4.78 is 66.7. The van der Waals surface area contributed by atoms with E-state index in [2.05, 4.69) is 4.74 Å². The molecule has 1 saturated heterocycles. The summed E-state index contributed by atoms with van der Waals surface area (Å²) >= 11 is 1.63. The molecule has 2 aliphatic rings. The van der Waals surface area contributed by atoms with E-state index in [1.165, 1.54) is 0 Å². The SMILES string of the molecule is O=C([O-])/C=C/C(=O)O.[2H]C([2H])(O)C([2H])([2H])OC([2H])([2H])C([2H])([2H])[NH+]1CCN(C2=Nc3ccccc3Sc3ccccc32)CC1. The number of quaternary nitrogens is 1. The first-order valence-corrected chi connectivity index (χ1v) is 11.3. The van der Waals surface area contributed by atoms with E-state index in [0.29, 0.717) is 25.2 Å². The number of hydrogen-bond acceptors (Lipinski definition) is 8. The number of rotatable bonds is 7. The van der Waals surface area contributed by atoms with Crippen molar-refractivity contribution in [3.05, 3.63) is 66.2 Å². The number of aliphatic imine (C=N–C) groups is 1. The fourth-order valence-corrected chi connectivity index (χ4v) is 4.33. The summed E-state index contributed by atoms with van der Waals surface area (Å²) in [5.74, 6) is -2.05. The zero-order chi connectivity index (χ0) is 32.2. The molecule has 4 rings (SSSR count). The minimum atomic E-state index is -3.51. The molecule has 0 aromatic heterocycles. The standard InChI is InChI=1S/C21H25N3O2S.C4H4O4/c25-14-16-26-15-13-23-9-11-24(12-10-23)21-17-5-1-3-7-19(17)27-20-8-4-2-6-18(20)22-21;5-3(6)1-2-4(7)8/h1-8,25H,9-16H2;1-2H,(H,5,6)(H,7,8)/b;2-1+/i13D2,14D2,15D2,16D2;. The molecule has 3 N–H and O–H groups in total. The Balaban J connectivity index is 0.000000557. The van der Waals surface area contributed by atoms with Crippen LogP contribution in [0.2, 0.25) is 0 Å². The number of benzene rings is 2. The van der Waals surface area contributed by atoms with Crippen molar-refractivity contribution in [3.63, 3.8) is 0 Å². The van der Waals surface area contributed by atoms with E-state index in [0.717, 1.165) is 26.9 Å². The van der Waals surface area contributed by atoms with Gasteiger partial charge >= 0.3 is 5.97 Å². The first kappa shape index (κ1) is 17.3. The van der Waals surface area contributed by atoms with E-state index in [1.54, 1.807) is 11.8 Å². The number of carboxylic acids is 2. The number of carboxylic acid groups (broad SMARTS) is 2. The third kappa shape index (κ3) is 8.22. The lowest BCUT2D eigenvalue weighted by Gasteiger charge is -2.34. The summed E-state index contributed by atoms with van der Waals surface area (Å²) in [7, 11) is 0. The van der Waals surface area contributed by atoms with Gasteiger partial charge < -0.3 is 34.7 Å². The largest absolute Gasteiger partial charge is 0.545 e. The van der Waals surface area contributed by atoms with Crippen molar-refractivity contribution in [2.45, 2.75) is 9.79 Å². The summed E-state index contributed by atoms with van der Waals surface area (Å²) in [5, 5.41) is 26.6. The van der Waals surface area contributed by atoms with Gasteiger partial charge in [-0.15, -0.1) is 0 Å². The lowest BCUT2D eigenvalue weighted by atomic mass is 10.1. The quantitative estimate of drug-likeness (QED) is 0.441. The molecular formula is C25H29N3O6S. The molecule has 35 heavy (non-hydrogen) atoms. The van der Waals surface area contributed by atoms with Crippen molar-refractivity contribution in [2.24, 2.45) is 4.99 Å². The Morgan fingerprint density at radius 1 is 1.11 bits per heavy atom. The van der Waals surface area contributed by atoms with Gasteiger partial charge in [-0.1, -0.05) is 42.1 Å². The van der Waals surface area contributed by atoms with E-state index in [9.17, 15) is 19.8 Å².